The minimum atomic E-state index is -5.93. The number of nitrogens with two attached hydrogens (primary N) is 4. The minimum absolute atomic E-state index is 0. The number of allylic oxidation sites excluding steroid dienone is 2. The molecule has 2 heterocycles. The van der Waals surface area contributed by atoms with E-state index in [1.54, 1.807) is 30.3 Å². The van der Waals surface area contributed by atoms with Gasteiger partial charge in [-0.1, -0.05) is 48.6 Å². The van der Waals surface area contributed by atoms with Gasteiger partial charge in [0.05, 0.1) is 0 Å². The largest absolute Gasteiger partial charge is 1.00 e. The Morgan fingerprint density at radius 2 is 1.19 bits per heavy atom. The third-order valence-corrected chi connectivity index (χ3v) is 9.52. The number of hydrogen-bond donors (Lipinski definition) is 6. The summed E-state index contributed by atoms with van der Waals surface area (Å²) in [5.74, 6) is -3.96. The van der Waals surface area contributed by atoms with Crippen LogP contribution in [0, 0.1) is 5.92 Å². The van der Waals surface area contributed by atoms with Gasteiger partial charge in [-0.05, 0) is 11.6 Å². The molecule has 0 radical (unpaired) electrons. The topological polar surface area (TPSA) is 320 Å². The van der Waals surface area contributed by atoms with Crippen LogP contribution in [0.4, 0.5) is 35.7 Å². The molecule has 4 rings (SSSR count). The summed E-state index contributed by atoms with van der Waals surface area (Å²) in [6, 6.07) is 8.35. The maximum Gasteiger partial charge on any atom is 1.00 e. The van der Waals surface area contributed by atoms with E-state index in [1.807, 2.05) is 0 Å². The summed E-state index contributed by atoms with van der Waals surface area (Å²) in [5, 5.41) is 5.25. The van der Waals surface area contributed by atoms with Crippen molar-refractivity contribution in [1.82, 2.24) is 29.9 Å². The molecule has 0 saturated heterocycles. The van der Waals surface area contributed by atoms with Crippen LogP contribution in [-0.2, 0) is 20.2 Å². The zero-order valence-corrected chi connectivity index (χ0v) is 27.9. The van der Waals surface area contributed by atoms with E-state index in [-0.39, 0.29) is 82.9 Å². The van der Waals surface area contributed by atoms with Crippen LogP contribution < -0.4 is 92.7 Å². The van der Waals surface area contributed by atoms with Crippen molar-refractivity contribution in [3.8, 4) is 0 Å². The number of rotatable bonds is 8. The Labute approximate surface area is 284 Å². The van der Waals surface area contributed by atoms with Gasteiger partial charge in [0.25, 0.3) is 0 Å². The Morgan fingerprint density at radius 1 is 0.762 bits per heavy atom. The van der Waals surface area contributed by atoms with Gasteiger partial charge in [0.15, 0.2) is 4.08 Å². The molecule has 212 valence electrons. The summed E-state index contributed by atoms with van der Waals surface area (Å²) in [7, 11) is -11.9. The van der Waals surface area contributed by atoms with E-state index in [9.17, 15) is 25.9 Å². The summed E-state index contributed by atoms with van der Waals surface area (Å²) < 4.78 is 73.1. The van der Waals surface area contributed by atoms with Crippen molar-refractivity contribution >= 4 is 62.0 Å². The van der Waals surface area contributed by atoms with Crippen LogP contribution in [0.5, 0.6) is 0 Å². The molecule has 1 aromatic carbocycles. The zero-order chi connectivity index (χ0) is 29.3. The molecule has 18 nitrogen and oxygen atoms in total. The van der Waals surface area contributed by atoms with Crippen molar-refractivity contribution in [2.75, 3.05) is 33.6 Å². The van der Waals surface area contributed by atoms with Crippen LogP contribution in [0.2, 0.25) is 0 Å². The smallest absolute Gasteiger partial charge is 0.747 e. The van der Waals surface area contributed by atoms with E-state index >= 15 is 0 Å². The van der Waals surface area contributed by atoms with Gasteiger partial charge in [0.1, 0.15) is 25.9 Å². The van der Waals surface area contributed by atoms with E-state index in [2.05, 4.69) is 40.5 Å². The molecule has 1 atom stereocenters. The molecule has 0 spiro atoms. The monoisotopic (exact) mass is 636 g/mol. The third kappa shape index (κ3) is 7.64. The van der Waals surface area contributed by atoms with Crippen LogP contribution in [-0.4, -0.2) is 65.6 Å². The van der Waals surface area contributed by atoms with Crippen molar-refractivity contribution in [1.29, 1.82) is 0 Å². The van der Waals surface area contributed by atoms with Gasteiger partial charge < -0.3 is 42.7 Å². The number of nitrogen functional groups attached to an aromatic ring is 4. The molecule has 3 aromatic rings. The van der Waals surface area contributed by atoms with E-state index < -0.39 is 54.2 Å². The normalized spacial score (nSPS) is 17.5. The van der Waals surface area contributed by atoms with E-state index in [1.165, 1.54) is 12.2 Å². The maximum atomic E-state index is 12.8. The fourth-order valence-electron chi connectivity index (χ4n) is 4.14. The second kappa shape index (κ2) is 13.3. The predicted molar refractivity (Wildman–Crippen MR) is 142 cm³/mol. The number of nitrogens with zero attached hydrogens (tertiary/aromatic N) is 6. The first kappa shape index (κ1) is 35.5. The second-order valence-corrected chi connectivity index (χ2v) is 12.1. The molecule has 0 aliphatic heterocycles. The SMILES string of the molecule is Nc1nc(N)nc(NC2(Nc3nc(N)nc(N)n3)C=CC(C=Cc3ccccc3)C(S(=O)(=O)[O-])(S(=O)(=O)[O-])C2)n1.[Na+].[Na+]. The summed E-state index contributed by atoms with van der Waals surface area (Å²) in [5.41, 5.74) is 20.9. The van der Waals surface area contributed by atoms with Crippen LogP contribution in [0.25, 0.3) is 6.08 Å². The summed E-state index contributed by atoms with van der Waals surface area (Å²) in [6.07, 6.45) is 3.52. The summed E-state index contributed by atoms with van der Waals surface area (Å²) >= 11 is 0. The summed E-state index contributed by atoms with van der Waals surface area (Å²) in [6.45, 7) is 0. The van der Waals surface area contributed by atoms with Crippen LogP contribution in [0.3, 0.4) is 0 Å². The average molecular weight is 637 g/mol. The van der Waals surface area contributed by atoms with Crippen molar-refractivity contribution in [2.24, 2.45) is 5.92 Å². The van der Waals surface area contributed by atoms with Gasteiger partial charge in [-0.15, -0.1) is 0 Å². The van der Waals surface area contributed by atoms with Crippen molar-refractivity contribution in [2.45, 2.75) is 16.2 Å². The quantitative estimate of drug-likeness (QED) is 0.0578. The molecule has 10 N–H and O–H groups in total. The third-order valence-electron chi connectivity index (χ3n) is 5.77. The number of benzene rings is 1. The minimum Gasteiger partial charge on any atom is -0.747 e. The van der Waals surface area contributed by atoms with Crippen molar-refractivity contribution in [3.05, 3.63) is 54.1 Å². The number of hydrogen-bond acceptors (Lipinski definition) is 18. The molecule has 0 saturated carbocycles. The maximum absolute atomic E-state index is 12.8. The fourth-order valence-corrected chi connectivity index (χ4v) is 6.93. The van der Waals surface area contributed by atoms with Crippen LogP contribution in [0.15, 0.2) is 48.6 Å². The molecule has 0 bridgehead atoms. The van der Waals surface area contributed by atoms with E-state index in [4.69, 9.17) is 22.9 Å². The predicted octanol–water partition coefficient (Wildman–Crippen LogP) is -7.31. The number of nitrogens with one attached hydrogen (secondary N) is 2. The molecule has 1 aliphatic rings. The second-order valence-electron chi connectivity index (χ2n) is 8.52. The summed E-state index contributed by atoms with van der Waals surface area (Å²) in [4.78, 5) is 22.6. The van der Waals surface area contributed by atoms with E-state index in [0.717, 1.165) is 12.2 Å². The molecular weight excluding hydrogens is 614 g/mol. The van der Waals surface area contributed by atoms with Gasteiger partial charge >= 0.3 is 59.1 Å². The first-order valence-electron chi connectivity index (χ1n) is 11.1. The molecule has 0 amide bonds. The Bertz CT molecular complexity index is 1590. The van der Waals surface area contributed by atoms with Gasteiger partial charge in [-0.2, -0.15) is 29.9 Å². The van der Waals surface area contributed by atoms with Gasteiger partial charge in [0.2, 0.25) is 35.7 Å². The van der Waals surface area contributed by atoms with Gasteiger partial charge in [-0.25, -0.2) is 16.8 Å². The Kier molecular flexibility index (Phi) is 11.3. The molecule has 42 heavy (non-hydrogen) atoms. The van der Waals surface area contributed by atoms with Crippen LogP contribution in [0.1, 0.15) is 12.0 Å². The molecule has 1 unspecified atom stereocenters. The first-order valence-corrected chi connectivity index (χ1v) is 13.9. The average Bonchev–Trinajstić information content (AvgIpc) is 2.81. The molecule has 1 aliphatic carbocycles. The van der Waals surface area contributed by atoms with Gasteiger partial charge in [-0.3, -0.25) is 0 Å². The van der Waals surface area contributed by atoms with Gasteiger partial charge in [0, 0.05) is 12.3 Å². The van der Waals surface area contributed by atoms with Crippen molar-refractivity contribution < 1.29 is 85.1 Å². The number of anilines is 6. The first-order chi connectivity index (χ1) is 18.6. The standard InChI is InChI=1S/C20H24N12O6S2.2Na/c21-13-25-14(22)28-17(27-13)31-19(32-18-29-15(23)26-16(24)30-18)9-8-12(7-6-11-4-2-1-3-5-11)20(10-19,39(33,34)35)40(36,37)38;;/h1-9,12H,10H2,(H,33,34,35)(H,36,37,38)(H5,21,22,25,27,28,31)(H5,23,24,26,29,30,32);;/q;2*+1/p-2. The van der Waals surface area contributed by atoms with Crippen LogP contribution >= 0.6 is 0 Å². The Balaban J connectivity index is 0.00000308. The fraction of sp³-hybridized carbons (Fsp3) is 0.200. The molecule has 2 aromatic heterocycles. The number of aromatic nitrogens is 6. The Hall–Kier alpha value is -2.66. The zero-order valence-electron chi connectivity index (χ0n) is 22.2. The van der Waals surface area contributed by atoms with E-state index in [0.29, 0.717) is 5.56 Å². The molecule has 0 fully saturated rings. The Morgan fingerprint density at radius 3 is 1.60 bits per heavy atom. The molecular formula is C20H22N12Na2O6S2. The van der Waals surface area contributed by atoms with Crippen molar-refractivity contribution in [3.63, 3.8) is 0 Å². The molecule has 22 heteroatoms.